The van der Waals surface area contributed by atoms with Gasteiger partial charge in [-0.3, -0.25) is 4.79 Å². The average Bonchev–Trinajstić information content (AvgIpc) is 3.56. The normalized spacial score (nSPS) is 29.2. The van der Waals surface area contributed by atoms with Gasteiger partial charge in [-0.2, -0.15) is 0 Å². The molecule has 1 N–H and O–H groups in total. The first kappa shape index (κ1) is 28.9. The van der Waals surface area contributed by atoms with Crippen molar-refractivity contribution in [1.29, 1.82) is 0 Å². The van der Waals surface area contributed by atoms with Crippen LogP contribution in [0.25, 0.3) is 0 Å². The van der Waals surface area contributed by atoms with Crippen LogP contribution in [0, 0.1) is 11.6 Å². The fraction of sp³-hybridized carbons (Fsp3) is 0.567. The summed E-state index contributed by atoms with van der Waals surface area (Å²) in [6.07, 6.45) is 0.247. The minimum Gasteiger partial charge on any atom is -0.497 e. The van der Waals surface area contributed by atoms with E-state index in [1.807, 2.05) is 24.3 Å². The lowest BCUT2D eigenvalue weighted by molar-refractivity contribution is -0.184. The standard InChI is InChI=1S/C30H37F2NO7/c1-29(2)39-26-15-30(28(34)33-16-21-9-6-12-36-21,38-17-19-7-4-8-20(13-19)35-3)14-25(27(26)40-29)37-18-22-23(31)10-5-11-24(22)32/h4-5,7-8,10-11,13,21,25-27H,6,9,12,14-18H2,1-3H3,(H,33,34)/t21?,25?,26-,27+,30-/m1/s1. The Labute approximate surface area is 233 Å². The molecule has 218 valence electrons. The molecule has 2 aromatic rings. The fourth-order valence-corrected chi connectivity index (χ4v) is 5.73. The van der Waals surface area contributed by atoms with Gasteiger partial charge in [0.2, 0.25) is 0 Å². The number of halogens is 2. The lowest BCUT2D eigenvalue weighted by Crippen LogP contribution is -2.60. The number of hydrogen-bond donors (Lipinski definition) is 1. The predicted octanol–water partition coefficient (Wildman–Crippen LogP) is 4.42. The Kier molecular flexibility index (Phi) is 8.72. The van der Waals surface area contributed by atoms with Gasteiger partial charge in [-0.05, 0) is 56.5 Å². The third kappa shape index (κ3) is 6.47. The SMILES string of the molecule is COc1cccc(CO[C@]2(C(=O)NCC3CCCO3)CC(OCc3c(F)cccc3F)[C@@H]3OC(C)(C)O[C@@H]3C2)c1. The number of hydrogen-bond acceptors (Lipinski definition) is 7. The molecule has 0 radical (unpaired) electrons. The topological polar surface area (TPSA) is 84.5 Å². The van der Waals surface area contributed by atoms with Crippen LogP contribution in [0.4, 0.5) is 8.78 Å². The zero-order valence-electron chi connectivity index (χ0n) is 23.1. The summed E-state index contributed by atoms with van der Waals surface area (Å²) in [6.45, 7) is 4.39. The number of amides is 1. The van der Waals surface area contributed by atoms with Crippen molar-refractivity contribution in [2.24, 2.45) is 0 Å². The highest BCUT2D eigenvalue weighted by Gasteiger charge is 2.58. The molecule has 5 atom stereocenters. The van der Waals surface area contributed by atoms with E-state index in [9.17, 15) is 13.6 Å². The first-order valence-electron chi connectivity index (χ1n) is 13.7. The largest absolute Gasteiger partial charge is 0.497 e. The molecule has 2 aromatic carbocycles. The predicted molar refractivity (Wildman–Crippen MR) is 140 cm³/mol. The molecule has 8 nitrogen and oxygen atoms in total. The molecular weight excluding hydrogens is 524 g/mol. The van der Waals surface area contributed by atoms with E-state index in [1.165, 1.54) is 18.2 Å². The zero-order chi connectivity index (χ0) is 28.3. The molecule has 1 amide bonds. The van der Waals surface area contributed by atoms with Crippen molar-refractivity contribution in [3.63, 3.8) is 0 Å². The van der Waals surface area contributed by atoms with Gasteiger partial charge in [0.15, 0.2) is 11.4 Å². The van der Waals surface area contributed by atoms with Crippen LogP contribution in [0.5, 0.6) is 5.75 Å². The van der Waals surface area contributed by atoms with Crippen LogP contribution in [0.1, 0.15) is 50.7 Å². The van der Waals surface area contributed by atoms with Crippen LogP contribution in [0.3, 0.4) is 0 Å². The van der Waals surface area contributed by atoms with Crippen LogP contribution in [-0.2, 0) is 41.7 Å². The Morgan fingerprint density at radius 1 is 1.07 bits per heavy atom. The van der Waals surface area contributed by atoms with Gasteiger partial charge in [-0.1, -0.05) is 18.2 Å². The molecule has 3 aliphatic rings. The van der Waals surface area contributed by atoms with Gasteiger partial charge in [0, 0.05) is 31.6 Å². The van der Waals surface area contributed by atoms with Crippen molar-refractivity contribution in [2.75, 3.05) is 20.3 Å². The number of carbonyl (C=O) groups excluding carboxylic acids is 1. The molecule has 0 aromatic heterocycles. The molecule has 0 bridgehead atoms. The monoisotopic (exact) mass is 561 g/mol. The Hall–Kier alpha value is -2.63. The van der Waals surface area contributed by atoms with Crippen molar-refractivity contribution in [3.8, 4) is 5.75 Å². The van der Waals surface area contributed by atoms with E-state index >= 15 is 0 Å². The third-order valence-electron chi connectivity index (χ3n) is 7.73. The molecular formula is C30H37F2NO7. The van der Waals surface area contributed by atoms with Crippen LogP contribution in [0.15, 0.2) is 42.5 Å². The quantitative estimate of drug-likeness (QED) is 0.460. The van der Waals surface area contributed by atoms with Crippen LogP contribution >= 0.6 is 0 Å². The van der Waals surface area contributed by atoms with E-state index in [-0.39, 0.29) is 43.6 Å². The summed E-state index contributed by atoms with van der Waals surface area (Å²) in [5, 5.41) is 3.02. The number of ether oxygens (including phenoxy) is 6. The molecule has 2 unspecified atom stereocenters. The van der Waals surface area contributed by atoms with E-state index in [4.69, 9.17) is 28.4 Å². The van der Waals surface area contributed by atoms with E-state index < -0.39 is 41.3 Å². The van der Waals surface area contributed by atoms with Gasteiger partial charge in [0.05, 0.1) is 38.6 Å². The molecule has 2 saturated heterocycles. The minimum absolute atomic E-state index is 0.0585. The van der Waals surface area contributed by atoms with Gasteiger partial charge in [0.1, 0.15) is 23.5 Å². The van der Waals surface area contributed by atoms with Crippen LogP contribution in [-0.4, -0.2) is 62.0 Å². The lowest BCUT2D eigenvalue weighted by atomic mass is 9.78. The molecule has 2 heterocycles. The summed E-state index contributed by atoms with van der Waals surface area (Å²) < 4.78 is 64.8. The summed E-state index contributed by atoms with van der Waals surface area (Å²) >= 11 is 0. The summed E-state index contributed by atoms with van der Waals surface area (Å²) in [6, 6.07) is 11.1. The van der Waals surface area contributed by atoms with Gasteiger partial charge in [-0.25, -0.2) is 8.78 Å². The first-order chi connectivity index (χ1) is 19.2. The Bertz CT molecular complexity index is 1170. The summed E-state index contributed by atoms with van der Waals surface area (Å²) in [4.78, 5) is 13.9. The highest BCUT2D eigenvalue weighted by molar-refractivity contribution is 5.85. The molecule has 2 aliphatic heterocycles. The second kappa shape index (κ2) is 12.1. The summed E-state index contributed by atoms with van der Waals surface area (Å²) in [5.74, 6) is -1.98. The minimum atomic E-state index is -1.36. The number of nitrogens with one attached hydrogen (secondary N) is 1. The second-order valence-electron chi connectivity index (χ2n) is 11.1. The van der Waals surface area contributed by atoms with Crippen LogP contribution in [0.2, 0.25) is 0 Å². The van der Waals surface area contributed by atoms with E-state index in [0.717, 1.165) is 18.4 Å². The maximum Gasteiger partial charge on any atom is 0.252 e. The van der Waals surface area contributed by atoms with Gasteiger partial charge in [0.25, 0.3) is 5.91 Å². The number of fused-ring (bicyclic) bond motifs is 1. The molecule has 0 spiro atoms. The zero-order valence-corrected chi connectivity index (χ0v) is 23.1. The van der Waals surface area contributed by atoms with Crippen molar-refractivity contribution < 1.29 is 42.0 Å². The van der Waals surface area contributed by atoms with Gasteiger partial charge >= 0.3 is 0 Å². The summed E-state index contributed by atoms with van der Waals surface area (Å²) in [7, 11) is 1.58. The van der Waals surface area contributed by atoms with E-state index in [1.54, 1.807) is 21.0 Å². The maximum atomic E-state index is 14.4. The Balaban J connectivity index is 1.41. The molecule has 1 aliphatic carbocycles. The van der Waals surface area contributed by atoms with Crippen molar-refractivity contribution in [2.45, 2.75) is 88.5 Å². The Morgan fingerprint density at radius 2 is 1.85 bits per heavy atom. The third-order valence-corrected chi connectivity index (χ3v) is 7.73. The first-order valence-corrected chi connectivity index (χ1v) is 13.7. The summed E-state index contributed by atoms with van der Waals surface area (Å²) in [5.41, 5.74) is -0.721. The Morgan fingerprint density at radius 3 is 2.58 bits per heavy atom. The lowest BCUT2D eigenvalue weighted by Gasteiger charge is -2.43. The maximum absolute atomic E-state index is 14.4. The number of carbonyl (C=O) groups is 1. The second-order valence-corrected chi connectivity index (χ2v) is 11.1. The molecule has 3 fully saturated rings. The van der Waals surface area contributed by atoms with Crippen molar-refractivity contribution in [1.82, 2.24) is 5.32 Å². The number of methoxy groups -OCH3 is 1. The van der Waals surface area contributed by atoms with E-state index in [0.29, 0.717) is 18.9 Å². The molecule has 5 rings (SSSR count). The fourth-order valence-electron chi connectivity index (χ4n) is 5.73. The van der Waals surface area contributed by atoms with Crippen molar-refractivity contribution >= 4 is 5.91 Å². The van der Waals surface area contributed by atoms with Crippen LogP contribution < -0.4 is 10.1 Å². The molecule has 10 heteroatoms. The molecule has 1 saturated carbocycles. The highest BCUT2D eigenvalue weighted by atomic mass is 19.1. The van der Waals surface area contributed by atoms with Gasteiger partial charge < -0.3 is 33.7 Å². The highest BCUT2D eigenvalue weighted by Crippen LogP contribution is 2.44. The van der Waals surface area contributed by atoms with Crippen molar-refractivity contribution in [3.05, 3.63) is 65.2 Å². The smallest absolute Gasteiger partial charge is 0.252 e. The van der Waals surface area contributed by atoms with Gasteiger partial charge in [-0.15, -0.1) is 0 Å². The molecule has 40 heavy (non-hydrogen) atoms. The average molecular weight is 562 g/mol. The number of rotatable bonds is 10. The van der Waals surface area contributed by atoms with E-state index in [2.05, 4.69) is 5.32 Å². The number of benzene rings is 2.